The third-order valence-electron chi connectivity index (χ3n) is 2.68. The minimum absolute atomic E-state index is 0.121. The van der Waals surface area contributed by atoms with Crippen LogP contribution in [0, 0.1) is 0 Å². The Kier molecular flexibility index (Phi) is 7.96. The maximum atomic E-state index is 12.5. The first kappa shape index (κ1) is 18.7. The molecule has 0 saturated heterocycles. The molecule has 1 atom stereocenters. The van der Waals surface area contributed by atoms with Crippen LogP contribution in [0.5, 0.6) is 0 Å². The Bertz CT molecular complexity index is 278. The lowest BCUT2D eigenvalue weighted by molar-refractivity contribution is -0.284. The molecule has 1 nitrogen and oxygen atoms in total. The Morgan fingerprint density at radius 1 is 1.11 bits per heavy atom. The quantitative estimate of drug-likeness (QED) is 0.350. The van der Waals surface area contributed by atoms with E-state index in [1.165, 1.54) is 0 Å². The first-order valence-corrected chi connectivity index (χ1v) is 7.55. The molecule has 0 rings (SSSR count). The standard InChI is InChI=1S/C12H19F5OS/c1-3-10(2)6-4-8-19(18)9-5-7-11(13,14)12(15,16)17/h2-9H2,1H3. The van der Waals surface area contributed by atoms with Crippen LogP contribution in [0.3, 0.4) is 0 Å². The molecule has 7 heteroatoms. The molecule has 1 unspecified atom stereocenters. The summed E-state index contributed by atoms with van der Waals surface area (Å²) in [6.45, 7) is 5.71. The molecular formula is C12H19F5OS. The second kappa shape index (κ2) is 8.09. The third-order valence-corrected chi connectivity index (χ3v) is 4.17. The summed E-state index contributed by atoms with van der Waals surface area (Å²) in [6, 6.07) is 0. The highest BCUT2D eigenvalue weighted by atomic mass is 32.2. The summed E-state index contributed by atoms with van der Waals surface area (Å²) in [4.78, 5) is 0. The monoisotopic (exact) mass is 306 g/mol. The van der Waals surface area contributed by atoms with Crippen molar-refractivity contribution in [1.29, 1.82) is 0 Å². The minimum atomic E-state index is -5.52. The van der Waals surface area contributed by atoms with Crippen molar-refractivity contribution < 1.29 is 26.5 Å². The molecule has 0 bridgehead atoms. The van der Waals surface area contributed by atoms with Gasteiger partial charge in [-0.2, -0.15) is 22.0 Å². The molecule has 0 N–H and O–H groups in total. The van der Waals surface area contributed by atoms with Gasteiger partial charge in [0.1, 0.15) is 11.5 Å². The van der Waals surface area contributed by atoms with Crippen molar-refractivity contribution in [2.45, 2.75) is 51.1 Å². The highest BCUT2D eigenvalue weighted by Gasteiger charge is 2.56. The van der Waals surface area contributed by atoms with Gasteiger partial charge in [-0.15, -0.1) is 0 Å². The van der Waals surface area contributed by atoms with E-state index in [0.29, 0.717) is 18.6 Å². The molecule has 0 aromatic rings. The lowest BCUT2D eigenvalue weighted by atomic mass is 10.1. The van der Waals surface area contributed by atoms with Gasteiger partial charge in [0.25, 0.3) is 0 Å². The van der Waals surface area contributed by atoms with Crippen molar-refractivity contribution >= 4 is 11.2 Å². The van der Waals surface area contributed by atoms with Gasteiger partial charge in [-0.05, 0) is 25.7 Å². The summed E-state index contributed by atoms with van der Waals surface area (Å²) in [7, 11) is 0. The van der Waals surface area contributed by atoms with Crippen LogP contribution in [0.2, 0.25) is 0 Å². The van der Waals surface area contributed by atoms with Crippen LogP contribution in [0.4, 0.5) is 22.0 Å². The van der Waals surface area contributed by atoms with Gasteiger partial charge in [0.15, 0.2) is 0 Å². The van der Waals surface area contributed by atoms with Gasteiger partial charge in [-0.25, -0.2) is 0 Å². The molecule has 0 radical (unpaired) electrons. The van der Waals surface area contributed by atoms with Crippen molar-refractivity contribution in [2.24, 2.45) is 0 Å². The van der Waals surface area contributed by atoms with Gasteiger partial charge in [-0.1, -0.05) is 30.3 Å². The molecule has 0 amide bonds. The van der Waals surface area contributed by atoms with Gasteiger partial charge < -0.3 is 4.55 Å². The number of hydrogen-bond acceptors (Lipinski definition) is 1. The Morgan fingerprint density at radius 2 is 1.63 bits per heavy atom. The summed E-state index contributed by atoms with van der Waals surface area (Å²) >= 11 is -1.34. The Morgan fingerprint density at radius 3 is 2.11 bits per heavy atom. The Labute approximate surface area is 113 Å². The molecule has 0 aromatic heterocycles. The first-order valence-electron chi connectivity index (χ1n) is 6.06. The van der Waals surface area contributed by atoms with Crippen LogP contribution < -0.4 is 0 Å². The lowest BCUT2D eigenvalue weighted by Crippen LogP contribution is -2.36. The van der Waals surface area contributed by atoms with Crippen LogP contribution in [0.25, 0.3) is 0 Å². The largest absolute Gasteiger partial charge is 0.616 e. The highest BCUT2D eigenvalue weighted by molar-refractivity contribution is 7.91. The van der Waals surface area contributed by atoms with Crippen LogP contribution in [-0.4, -0.2) is 28.2 Å². The van der Waals surface area contributed by atoms with E-state index < -0.39 is 36.1 Å². The first-order chi connectivity index (χ1) is 8.60. The molecule has 0 fully saturated rings. The number of alkyl halides is 5. The molecule has 0 aliphatic carbocycles. The van der Waals surface area contributed by atoms with Gasteiger partial charge in [0.05, 0.1) is 0 Å². The topological polar surface area (TPSA) is 23.1 Å². The van der Waals surface area contributed by atoms with Gasteiger partial charge in [0, 0.05) is 6.42 Å². The van der Waals surface area contributed by atoms with Crippen LogP contribution in [-0.2, 0) is 11.2 Å². The SMILES string of the molecule is C=C(CC)CCC[S+]([O-])CCCC(F)(F)C(F)(F)F. The Hall–Kier alpha value is -0.300. The van der Waals surface area contributed by atoms with E-state index in [2.05, 4.69) is 6.58 Å². The zero-order chi connectivity index (χ0) is 15.1. The smallest absolute Gasteiger partial charge is 0.453 e. The molecule has 0 heterocycles. The molecule has 19 heavy (non-hydrogen) atoms. The molecule has 114 valence electrons. The average molecular weight is 306 g/mol. The van der Waals surface area contributed by atoms with E-state index in [1.807, 2.05) is 6.92 Å². The zero-order valence-electron chi connectivity index (χ0n) is 10.9. The number of hydrogen-bond donors (Lipinski definition) is 0. The second-order valence-electron chi connectivity index (χ2n) is 4.36. The van der Waals surface area contributed by atoms with Crippen molar-refractivity contribution in [1.82, 2.24) is 0 Å². The fraction of sp³-hybridized carbons (Fsp3) is 0.833. The molecular weight excluding hydrogens is 287 g/mol. The fourth-order valence-electron chi connectivity index (χ4n) is 1.36. The predicted molar refractivity (Wildman–Crippen MR) is 66.8 cm³/mol. The molecule has 0 aliphatic heterocycles. The number of halogens is 5. The van der Waals surface area contributed by atoms with Crippen molar-refractivity contribution in [2.75, 3.05) is 11.5 Å². The Balaban J connectivity index is 3.80. The van der Waals surface area contributed by atoms with E-state index in [-0.39, 0.29) is 5.75 Å². The van der Waals surface area contributed by atoms with Crippen molar-refractivity contribution in [3.05, 3.63) is 12.2 Å². The van der Waals surface area contributed by atoms with Crippen LogP contribution in [0.1, 0.15) is 39.0 Å². The van der Waals surface area contributed by atoms with Gasteiger partial charge >= 0.3 is 12.1 Å². The van der Waals surface area contributed by atoms with Gasteiger partial charge in [-0.3, -0.25) is 0 Å². The molecule has 0 aromatic carbocycles. The molecule has 0 saturated carbocycles. The van der Waals surface area contributed by atoms with E-state index in [9.17, 15) is 26.5 Å². The zero-order valence-corrected chi connectivity index (χ0v) is 11.7. The van der Waals surface area contributed by atoms with E-state index in [4.69, 9.17) is 0 Å². The van der Waals surface area contributed by atoms with E-state index in [0.717, 1.165) is 12.0 Å². The van der Waals surface area contributed by atoms with Crippen molar-refractivity contribution in [3.8, 4) is 0 Å². The normalized spacial score (nSPS) is 14.5. The minimum Gasteiger partial charge on any atom is -0.616 e. The van der Waals surface area contributed by atoms with Gasteiger partial charge in [0.2, 0.25) is 0 Å². The summed E-state index contributed by atoms with van der Waals surface area (Å²) in [6.07, 6.45) is -5.06. The molecule has 0 aliphatic rings. The summed E-state index contributed by atoms with van der Waals surface area (Å²) < 4.78 is 72.1. The number of rotatable bonds is 9. The lowest BCUT2D eigenvalue weighted by Gasteiger charge is -2.19. The summed E-state index contributed by atoms with van der Waals surface area (Å²) in [5.41, 5.74) is 1.01. The van der Waals surface area contributed by atoms with E-state index >= 15 is 0 Å². The maximum Gasteiger partial charge on any atom is 0.453 e. The average Bonchev–Trinajstić information content (AvgIpc) is 2.26. The second-order valence-corrected chi connectivity index (χ2v) is 6.06. The third kappa shape index (κ3) is 7.77. The summed E-state index contributed by atoms with van der Waals surface area (Å²) in [5.74, 6) is -4.49. The van der Waals surface area contributed by atoms with Crippen LogP contribution >= 0.6 is 0 Å². The van der Waals surface area contributed by atoms with E-state index in [1.54, 1.807) is 0 Å². The van der Waals surface area contributed by atoms with Crippen molar-refractivity contribution in [3.63, 3.8) is 0 Å². The number of allylic oxidation sites excluding steroid dienone is 1. The maximum absolute atomic E-state index is 12.5. The molecule has 0 spiro atoms. The summed E-state index contributed by atoms with van der Waals surface area (Å²) in [5, 5.41) is 0. The highest BCUT2D eigenvalue weighted by Crippen LogP contribution is 2.38. The van der Waals surface area contributed by atoms with Crippen LogP contribution in [0.15, 0.2) is 12.2 Å². The predicted octanol–water partition coefficient (Wildman–Crippen LogP) is 4.46. The fourth-order valence-corrected chi connectivity index (χ4v) is 2.50.